The number of nitrogens with zero attached hydrogens (tertiary/aromatic N) is 1. The van der Waals surface area contributed by atoms with Gasteiger partial charge in [0.2, 0.25) is 10.0 Å². The Bertz CT molecular complexity index is 806. The van der Waals surface area contributed by atoms with Crippen molar-refractivity contribution >= 4 is 39.9 Å². The van der Waals surface area contributed by atoms with Gasteiger partial charge in [-0.25, -0.2) is 8.42 Å². The number of sulfonamides is 1. The molecule has 1 saturated carbocycles. The molecule has 2 fully saturated rings. The average molecular weight is 493 g/mol. The third kappa shape index (κ3) is 7.60. The minimum Gasteiger partial charge on any atom is -0.352 e. The number of benzene rings is 1. The number of hydrogen-bond acceptors (Lipinski definition) is 4. The maximum Gasteiger partial charge on any atom is 0.251 e. The van der Waals surface area contributed by atoms with Gasteiger partial charge in [-0.3, -0.25) is 4.79 Å². The van der Waals surface area contributed by atoms with E-state index in [1.54, 1.807) is 6.07 Å². The van der Waals surface area contributed by atoms with Crippen LogP contribution >= 0.6 is 24.0 Å². The van der Waals surface area contributed by atoms with E-state index in [9.17, 15) is 13.2 Å². The molecule has 1 saturated heterocycles. The third-order valence-corrected chi connectivity index (χ3v) is 8.43. The van der Waals surface area contributed by atoms with Gasteiger partial charge in [-0.1, -0.05) is 43.7 Å². The first-order chi connectivity index (χ1) is 14.5. The van der Waals surface area contributed by atoms with Crippen LogP contribution in [0.2, 0.25) is 5.02 Å². The van der Waals surface area contributed by atoms with E-state index in [-0.39, 0.29) is 28.2 Å². The largest absolute Gasteiger partial charge is 0.352 e. The molecular formula is C22H35Cl2N3O3S. The van der Waals surface area contributed by atoms with E-state index < -0.39 is 10.0 Å². The van der Waals surface area contributed by atoms with E-state index in [0.29, 0.717) is 31.2 Å². The molecular weight excluding hydrogens is 457 g/mol. The lowest BCUT2D eigenvalue weighted by Crippen LogP contribution is -2.34. The summed E-state index contributed by atoms with van der Waals surface area (Å²) in [5.74, 6) is -0.267. The van der Waals surface area contributed by atoms with Gasteiger partial charge in [-0.15, -0.1) is 12.4 Å². The summed E-state index contributed by atoms with van der Waals surface area (Å²) < 4.78 is 27.7. The molecule has 0 atom stereocenters. The first-order valence-corrected chi connectivity index (χ1v) is 13.1. The van der Waals surface area contributed by atoms with Crippen molar-refractivity contribution in [3.63, 3.8) is 0 Å². The van der Waals surface area contributed by atoms with E-state index in [4.69, 9.17) is 11.6 Å². The fourth-order valence-electron chi connectivity index (χ4n) is 4.27. The highest BCUT2D eigenvalue weighted by Crippen LogP contribution is 2.27. The summed E-state index contributed by atoms with van der Waals surface area (Å²) in [6, 6.07) is 5.11. The second-order valence-corrected chi connectivity index (χ2v) is 10.7. The predicted octanol–water partition coefficient (Wildman–Crippen LogP) is 4.37. The molecule has 6 nitrogen and oxygen atoms in total. The Kier molecular flexibility index (Phi) is 11.1. The molecule has 1 heterocycles. The minimum atomic E-state index is -3.70. The number of nitrogens with one attached hydrogen (secondary N) is 2. The summed E-state index contributed by atoms with van der Waals surface area (Å²) >= 11 is 6.22. The lowest BCUT2D eigenvalue weighted by molar-refractivity contribution is 0.0953. The van der Waals surface area contributed by atoms with Crippen molar-refractivity contribution in [2.24, 2.45) is 0 Å². The first kappa shape index (κ1) is 26.4. The van der Waals surface area contributed by atoms with Crippen molar-refractivity contribution in [2.45, 2.75) is 75.1 Å². The van der Waals surface area contributed by atoms with Gasteiger partial charge in [0, 0.05) is 31.2 Å². The monoisotopic (exact) mass is 491 g/mol. The van der Waals surface area contributed by atoms with Crippen LogP contribution in [0.1, 0.15) is 74.6 Å². The quantitative estimate of drug-likeness (QED) is 0.529. The summed E-state index contributed by atoms with van der Waals surface area (Å²) in [6.45, 7) is 2.43. The van der Waals surface area contributed by atoms with Crippen LogP contribution in [0.5, 0.6) is 0 Å². The minimum absolute atomic E-state index is 0. The zero-order valence-electron chi connectivity index (χ0n) is 18.1. The maximum absolute atomic E-state index is 13.1. The van der Waals surface area contributed by atoms with Crippen LogP contribution in [0.4, 0.5) is 0 Å². The highest BCUT2D eigenvalue weighted by molar-refractivity contribution is 7.89. The molecule has 1 aromatic carbocycles. The average Bonchev–Trinajstić information content (AvgIpc) is 3.04. The van der Waals surface area contributed by atoms with Crippen LogP contribution in [0, 0.1) is 0 Å². The van der Waals surface area contributed by atoms with Crippen molar-refractivity contribution in [1.82, 2.24) is 14.9 Å². The number of hydrogen-bond donors (Lipinski definition) is 2. The Labute approximate surface area is 197 Å². The van der Waals surface area contributed by atoms with Gasteiger partial charge in [-0.2, -0.15) is 4.31 Å². The number of rotatable bonds is 8. The molecule has 31 heavy (non-hydrogen) atoms. The summed E-state index contributed by atoms with van der Waals surface area (Å²) in [5, 5.41) is 6.61. The smallest absolute Gasteiger partial charge is 0.251 e. The van der Waals surface area contributed by atoms with Crippen molar-refractivity contribution in [3.05, 3.63) is 28.8 Å². The highest BCUT2D eigenvalue weighted by Gasteiger charge is 2.28. The second-order valence-electron chi connectivity index (χ2n) is 8.36. The molecule has 0 radical (unpaired) electrons. The zero-order valence-corrected chi connectivity index (χ0v) is 20.5. The van der Waals surface area contributed by atoms with Gasteiger partial charge in [0.05, 0.1) is 5.02 Å². The number of halogens is 2. The SMILES string of the molecule is Cl.O=C(NCCCNC1CCCCC1)c1ccc(Cl)c(S(=O)(=O)N2CCCCCC2)c1. The van der Waals surface area contributed by atoms with E-state index in [2.05, 4.69) is 10.6 Å². The molecule has 0 bridgehead atoms. The van der Waals surface area contributed by atoms with Crippen LogP contribution in [-0.4, -0.2) is 50.9 Å². The Hall–Kier alpha value is -0.860. The Morgan fingerprint density at radius 1 is 1.00 bits per heavy atom. The number of carbonyl (C=O) groups is 1. The molecule has 1 aromatic rings. The maximum atomic E-state index is 13.1. The highest BCUT2D eigenvalue weighted by atomic mass is 35.5. The second kappa shape index (κ2) is 13.0. The van der Waals surface area contributed by atoms with Crippen LogP contribution < -0.4 is 10.6 Å². The molecule has 1 aliphatic heterocycles. The molecule has 1 aliphatic carbocycles. The van der Waals surface area contributed by atoms with E-state index in [1.165, 1.54) is 48.5 Å². The van der Waals surface area contributed by atoms with Gasteiger partial charge < -0.3 is 10.6 Å². The fourth-order valence-corrected chi connectivity index (χ4v) is 6.29. The van der Waals surface area contributed by atoms with E-state index in [1.807, 2.05) is 0 Å². The summed E-state index contributed by atoms with van der Waals surface area (Å²) in [5.41, 5.74) is 0.327. The fraction of sp³-hybridized carbons (Fsp3) is 0.682. The van der Waals surface area contributed by atoms with Gasteiger partial charge in [-0.05, 0) is 56.8 Å². The van der Waals surface area contributed by atoms with Crippen LogP contribution in [0.15, 0.2) is 23.1 Å². The van der Waals surface area contributed by atoms with Crippen LogP contribution in [-0.2, 0) is 10.0 Å². The van der Waals surface area contributed by atoms with E-state index >= 15 is 0 Å². The Morgan fingerprint density at radius 3 is 2.32 bits per heavy atom. The lowest BCUT2D eigenvalue weighted by Gasteiger charge is -2.22. The van der Waals surface area contributed by atoms with Crippen molar-refractivity contribution in [2.75, 3.05) is 26.2 Å². The molecule has 2 aliphatic rings. The number of amides is 1. The topological polar surface area (TPSA) is 78.5 Å². The molecule has 0 aromatic heterocycles. The van der Waals surface area contributed by atoms with Crippen molar-refractivity contribution in [3.8, 4) is 0 Å². The first-order valence-electron chi connectivity index (χ1n) is 11.3. The van der Waals surface area contributed by atoms with Crippen molar-refractivity contribution in [1.29, 1.82) is 0 Å². The lowest BCUT2D eigenvalue weighted by atomic mass is 9.95. The molecule has 1 amide bonds. The van der Waals surface area contributed by atoms with Gasteiger partial charge >= 0.3 is 0 Å². The summed E-state index contributed by atoms with van der Waals surface area (Å²) in [7, 11) is -3.70. The van der Waals surface area contributed by atoms with Gasteiger partial charge in [0.15, 0.2) is 0 Å². The summed E-state index contributed by atoms with van der Waals surface area (Å²) in [4.78, 5) is 12.6. The standard InChI is InChI=1S/C22H34ClN3O3S.ClH/c23-20-12-11-18(17-21(20)30(28,29)26-15-6-1-2-7-16-26)22(27)25-14-8-13-24-19-9-4-3-5-10-19;/h11-12,17,19,24H,1-10,13-16H2,(H,25,27);1H. The van der Waals surface area contributed by atoms with E-state index in [0.717, 1.165) is 38.6 Å². The van der Waals surface area contributed by atoms with Gasteiger partial charge in [0.1, 0.15) is 4.90 Å². The number of carbonyl (C=O) groups excluding carboxylic acids is 1. The van der Waals surface area contributed by atoms with Crippen LogP contribution in [0.25, 0.3) is 0 Å². The summed E-state index contributed by atoms with van der Waals surface area (Å²) in [6.07, 6.45) is 11.0. The van der Waals surface area contributed by atoms with Crippen LogP contribution in [0.3, 0.4) is 0 Å². The Balaban J connectivity index is 0.00000341. The molecule has 176 valence electrons. The zero-order chi connectivity index (χ0) is 21.4. The molecule has 9 heteroatoms. The molecule has 3 rings (SSSR count). The van der Waals surface area contributed by atoms with Gasteiger partial charge in [0.25, 0.3) is 5.91 Å². The molecule has 0 unspecified atom stereocenters. The molecule has 2 N–H and O–H groups in total. The normalized spacial score (nSPS) is 18.7. The third-order valence-electron chi connectivity index (χ3n) is 6.05. The predicted molar refractivity (Wildman–Crippen MR) is 128 cm³/mol. The Morgan fingerprint density at radius 2 is 1.65 bits per heavy atom. The van der Waals surface area contributed by atoms with Crippen molar-refractivity contribution < 1.29 is 13.2 Å². The molecule has 0 spiro atoms.